The summed E-state index contributed by atoms with van der Waals surface area (Å²) in [5, 5.41) is 8.22. The highest BCUT2D eigenvalue weighted by atomic mass is 16.2. The first-order chi connectivity index (χ1) is 11.7. The molecule has 0 N–H and O–H groups in total. The fourth-order valence-corrected chi connectivity index (χ4v) is 2.78. The van der Waals surface area contributed by atoms with Gasteiger partial charge < -0.3 is 4.90 Å². The van der Waals surface area contributed by atoms with Crippen molar-refractivity contribution in [2.24, 2.45) is 7.05 Å². The van der Waals surface area contributed by atoms with E-state index >= 15 is 0 Å². The van der Waals surface area contributed by atoms with Gasteiger partial charge in [0.25, 0.3) is 5.91 Å². The largest absolute Gasteiger partial charge is 0.330 e. The quantitative estimate of drug-likeness (QED) is 0.718. The van der Waals surface area contributed by atoms with Crippen LogP contribution in [0.3, 0.4) is 0 Å². The Morgan fingerprint density at radius 1 is 1.21 bits per heavy atom. The van der Waals surface area contributed by atoms with Gasteiger partial charge in [-0.05, 0) is 36.6 Å². The monoisotopic (exact) mass is 322 g/mol. The first-order valence-corrected chi connectivity index (χ1v) is 7.95. The van der Waals surface area contributed by atoms with E-state index in [2.05, 4.69) is 15.2 Å². The van der Waals surface area contributed by atoms with E-state index in [0.29, 0.717) is 18.3 Å². The summed E-state index contributed by atoms with van der Waals surface area (Å²) in [6, 6.07) is 10.1. The highest BCUT2D eigenvalue weighted by molar-refractivity contribution is 5.92. The standard InChI is InChI=1S/C17H18N6O/c1-21-16(8-9-19-21)17(24)22(14-6-7-14)10-13-2-4-15(5-3-13)23-12-18-11-20-23/h2-5,8-9,11-12,14H,6-7,10H2,1H3. The smallest absolute Gasteiger partial charge is 0.272 e. The molecule has 0 saturated heterocycles. The minimum absolute atomic E-state index is 0.0397. The highest BCUT2D eigenvalue weighted by Gasteiger charge is 2.34. The SMILES string of the molecule is Cn1nccc1C(=O)N(Cc1ccc(-n2cncn2)cc1)C1CC1. The maximum absolute atomic E-state index is 12.8. The fraction of sp³-hybridized carbons (Fsp3) is 0.294. The summed E-state index contributed by atoms with van der Waals surface area (Å²) in [6.07, 6.45) is 6.97. The van der Waals surface area contributed by atoms with Gasteiger partial charge in [0, 0.05) is 25.8 Å². The van der Waals surface area contributed by atoms with Crippen molar-refractivity contribution in [2.45, 2.75) is 25.4 Å². The van der Waals surface area contributed by atoms with Crippen LogP contribution in [0, 0.1) is 0 Å². The van der Waals surface area contributed by atoms with Crippen molar-refractivity contribution >= 4 is 5.91 Å². The molecule has 3 aromatic rings. The van der Waals surface area contributed by atoms with E-state index in [9.17, 15) is 4.79 Å². The van der Waals surface area contributed by atoms with Crippen LogP contribution in [0.5, 0.6) is 0 Å². The van der Waals surface area contributed by atoms with E-state index < -0.39 is 0 Å². The van der Waals surface area contributed by atoms with Crippen LogP contribution in [0.15, 0.2) is 49.2 Å². The molecule has 7 nitrogen and oxygen atoms in total. The van der Waals surface area contributed by atoms with Crippen LogP contribution in [0.25, 0.3) is 5.69 Å². The molecule has 24 heavy (non-hydrogen) atoms. The Hall–Kier alpha value is -2.96. The molecule has 1 aliphatic rings. The predicted octanol–water partition coefficient (Wildman–Crippen LogP) is 1.81. The summed E-state index contributed by atoms with van der Waals surface area (Å²) in [6.45, 7) is 0.603. The van der Waals surface area contributed by atoms with Crippen molar-refractivity contribution in [3.8, 4) is 5.69 Å². The van der Waals surface area contributed by atoms with Gasteiger partial charge in [0.2, 0.25) is 0 Å². The van der Waals surface area contributed by atoms with Crippen LogP contribution in [-0.2, 0) is 13.6 Å². The van der Waals surface area contributed by atoms with E-state index in [1.807, 2.05) is 29.2 Å². The van der Waals surface area contributed by atoms with Crippen LogP contribution in [0.2, 0.25) is 0 Å². The summed E-state index contributed by atoms with van der Waals surface area (Å²) >= 11 is 0. The van der Waals surface area contributed by atoms with Crippen LogP contribution < -0.4 is 0 Å². The molecule has 0 unspecified atom stereocenters. The molecule has 122 valence electrons. The van der Waals surface area contributed by atoms with Gasteiger partial charge in [-0.2, -0.15) is 10.2 Å². The van der Waals surface area contributed by atoms with Crippen molar-refractivity contribution in [1.82, 2.24) is 29.4 Å². The lowest BCUT2D eigenvalue weighted by Crippen LogP contribution is -2.33. The number of aryl methyl sites for hydroxylation is 1. The zero-order chi connectivity index (χ0) is 16.5. The zero-order valence-electron chi connectivity index (χ0n) is 13.4. The number of carbonyl (C=O) groups excluding carboxylic acids is 1. The topological polar surface area (TPSA) is 68.8 Å². The van der Waals surface area contributed by atoms with E-state index in [-0.39, 0.29) is 5.91 Å². The zero-order valence-corrected chi connectivity index (χ0v) is 13.4. The van der Waals surface area contributed by atoms with Crippen LogP contribution in [0.4, 0.5) is 0 Å². The molecule has 1 saturated carbocycles. The summed E-state index contributed by atoms with van der Waals surface area (Å²) in [4.78, 5) is 18.7. The molecule has 7 heteroatoms. The molecule has 0 atom stereocenters. The second-order valence-electron chi connectivity index (χ2n) is 6.01. The molecule has 2 aromatic heterocycles. The third-order valence-corrected chi connectivity index (χ3v) is 4.26. The van der Waals surface area contributed by atoms with Crippen LogP contribution in [-0.4, -0.2) is 41.4 Å². The summed E-state index contributed by atoms with van der Waals surface area (Å²) in [5.74, 6) is 0.0397. The lowest BCUT2D eigenvalue weighted by Gasteiger charge is -2.22. The molecule has 0 radical (unpaired) electrons. The number of hydrogen-bond donors (Lipinski definition) is 0. The van der Waals surface area contributed by atoms with Crippen molar-refractivity contribution in [3.05, 3.63) is 60.4 Å². The first-order valence-electron chi connectivity index (χ1n) is 7.95. The molecule has 4 rings (SSSR count). The second kappa shape index (κ2) is 5.92. The molecule has 1 aromatic carbocycles. The normalized spacial score (nSPS) is 13.9. The fourth-order valence-electron chi connectivity index (χ4n) is 2.78. The molecular weight excluding hydrogens is 304 g/mol. The molecule has 1 fully saturated rings. The van der Waals surface area contributed by atoms with Gasteiger partial charge in [-0.25, -0.2) is 9.67 Å². The minimum Gasteiger partial charge on any atom is -0.330 e. The van der Waals surface area contributed by atoms with Gasteiger partial charge in [-0.15, -0.1) is 0 Å². The van der Waals surface area contributed by atoms with Gasteiger partial charge >= 0.3 is 0 Å². The average Bonchev–Trinajstić information content (AvgIpc) is 3.10. The van der Waals surface area contributed by atoms with E-state index in [1.54, 1.807) is 35.0 Å². The number of rotatable bonds is 5. The Balaban J connectivity index is 1.53. The molecule has 0 spiro atoms. The Morgan fingerprint density at radius 3 is 2.58 bits per heavy atom. The Labute approximate surface area is 139 Å². The average molecular weight is 322 g/mol. The summed E-state index contributed by atoms with van der Waals surface area (Å²) in [7, 11) is 1.80. The number of nitrogens with zero attached hydrogens (tertiary/aromatic N) is 6. The van der Waals surface area contributed by atoms with E-state index in [0.717, 1.165) is 24.1 Å². The number of carbonyl (C=O) groups is 1. The predicted molar refractivity (Wildman–Crippen MR) is 87.5 cm³/mol. The van der Waals surface area contributed by atoms with Gasteiger partial charge in [0.15, 0.2) is 0 Å². The molecule has 1 amide bonds. The van der Waals surface area contributed by atoms with Gasteiger partial charge in [-0.3, -0.25) is 9.48 Å². The van der Waals surface area contributed by atoms with Crippen molar-refractivity contribution in [3.63, 3.8) is 0 Å². The molecular formula is C17H18N6O. The number of hydrogen-bond acceptors (Lipinski definition) is 4. The lowest BCUT2D eigenvalue weighted by molar-refractivity contribution is 0.0718. The van der Waals surface area contributed by atoms with E-state index in [4.69, 9.17) is 0 Å². The minimum atomic E-state index is 0.0397. The Bertz CT molecular complexity index is 832. The summed E-state index contributed by atoms with van der Waals surface area (Å²) in [5.41, 5.74) is 2.68. The first kappa shape index (κ1) is 14.6. The molecule has 0 bridgehead atoms. The van der Waals surface area contributed by atoms with Gasteiger partial charge in [-0.1, -0.05) is 12.1 Å². The van der Waals surface area contributed by atoms with Gasteiger partial charge in [0.1, 0.15) is 18.3 Å². The van der Waals surface area contributed by atoms with Crippen LogP contribution >= 0.6 is 0 Å². The molecule has 0 aliphatic heterocycles. The summed E-state index contributed by atoms with van der Waals surface area (Å²) < 4.78 is 3.34. The number of aromatic nitrogens is 5. The van der Waals surface area contributed by atoms with E-state index in [1.165, 1.54) is 6.33 Å². The Kier molecular flexibility index (Phi) is 3.60. The van der Waals surface area contributed by atoms with Crippen molar-refractivity contribution in [2.75, 3.05) is 0 Å². The Morgan fingerprint density at radius 2 is 2.00 bits per heavy atom. The lowest BCUT2D eigenvalue weighted by atomic mass is 10.2. The second-order valence-corrected chi connectivity index (χ2v) is 6.01. The maximum Gasteiger partial charge on any atom is 0.272 e. The maximum atomic E-state index is 12.8. The van der Waals surface area contributed by atoms with Gasteiger partial charge in [0.05, 0.1) is 5.69 Å². The van der Waals surface area contributed by atoms with Crippen LogP contribution in [0.1, 0.15) is 28.9 Å². The molecule has 2 heterocycles. The number of benzene rings is 1. The highest BCUT2D eigenvalue weighted by Crippen LogP contribution is 2.29. The third kappa shape index (κ3) is 2.80. The van der Waals surface area contributed by atoms with Crippen molar-refractivity contribution in [1.29, 1.82) is 0 Å². The third-order valence-electron chi connectivity index (χ3n) is 4.26. The van der Waals surface area contributed by atoms with Crippen molar-refractivity contribution < 1.29 is 4.79 Å². The number of amides is 1. The molecule has 1 aliphatic carbocycles.